The maximum atomic E-state index is 13.5. The second kappa shape index (κ2) is 7.98. The van der Waals surface area contributed by atoms with Crippen molar-refractivity contribution in [3.05, 3.63) is 65.5 Å². The number of benzene rings is 2. The molecule has 0 bridgehead atoms. The van der Waals surface area contributed by atoms with Crippen LogP contribution >= 0.6 is 0 Å². The normalized spacial score (nSPS) is 10.8. The first-order valence-electron chi connectivity index (χ1n) is 7.89. The maximum absolute atomic E-state index is 13.5. The van der Waals surface area contributed by atoms with Gasteiger partial charge in [0.2, 0.25) is 0 Å². The molecule has 0 spiro atoms. The predicted octanol–water partition coefficient (Wildman–Crippen LogP) is 5.22. The number of aryl methyl sites for hydroxylation is 1. The van der Waals surface area contributed by atoms with Gasteiger partial charge in [0.05, 0.1) is 0 Å². The van der Waals surface area contributed by atoms with Gasteiger partial charge in [-0.05, 0) is 35.7 Å². The molecule has 2 aromatic carbocycles. The molecule has 3 heteroatoms. The molecular formula is C20H23FOSi. The summed E-state index contributed by atoms with van der Waals surface area (Å²) in [6, 6.07) is 14.7. The number of halogens is 1. The Bertz CT molecular complexity index is 693. The molecule has 0 heterocycles. The van der Waals surface area contributed by atoms with Crippen LogP contribution < -0.4 is 4.74 Å². The van der Waals surface area contributed by atoms with Crippen LogP contribution in [0.25, 0.3) is 0 Å². The van der Waals surface area contributed by atoms with Crippen molar-refractivity contribution >= 4 is 8.07 Å². The molecule has 0 amide bonds. The average molecular weight is 326 g/mol. The minimum absolute atomic E-state index is 0.231. The molecule has 0 saturated carbocycles. The minimum atomic E-state index is -1.35. The highest BCUT2D eigenvalue weighted by molar-refractivity contribution is 6.83. The van der Waals surface area contributed by atoms with Crippen molar-refractivity contribution < 1.29 is 9.13 Å². The fourth-order valence-corrected chi connectivity index (χ4v) is 2.80. The summed E-state index contributed by atoms with van der Waals surface area (Å²) in [6.45, 7) is 7.14. The van der Waals surface area contributed by atoms with Crippen molar-refractivity contribution in [2.24, 2.45) is 0 Å². The summed E-state index contributed by atoms with van der Waals surface area (Å²) in [5, 5.41) is 0. The highest BCUT2D eigenvalue weighted by Gasteiger charge is 2.08. The molecule has 2 rings (SSSR count). The first-order chi connectivity index (χ1) is 10.9. The lowest BCUT2D eigenvalue weighted by Gasteiger charge is -2.11. The molecule has 0 fully saturated rings. The summed E-state index contributed by atoms with van der Waals surface area (Å²) in [5.74, 6) is 3.74. The van der Waals surface area contributed by atoms with Crippen LogP contribution in [0.5, 0.6) is 5.75 Å². The quantitative estimate of drug-likeness (QED) is 0.541. The van der Waals surface area contributed by atoms with E-state index in [4.69, 9.17) is 4.74 Å². The van der Waals surface area contributed by atoms with E-state index in [0.29, 0.717) is 13.0 Å². The van der Waals surface area contributed by atoms with E-state index in [2.05, 4.69) is 31.1 Å². The van der Waals surface area contributed by atoms with E-state index in [1.807, 2.05) is 30.3 Å². The van der Waals surface area contributed by atoms with Crippen LogP contribution in [0.1, 0.15) is 17.5 Å². The molecule has 0 N–H and O–H groups in total. The van der Waals surface area contributed by atoms with Gasteiger partial charge in [-0.25, -0.2) is 4.39 Å². The third-order valence-corrected chi connectivity index (χ3v) is 4.17. The third-order valence-electron chi connectivity index (χ3n) is 3.24. The molecule has 2 aromatic rings. The van der Waals surface area contributed by atoms with Gasteiger partial charge >= 0.3 is 0 Å². The van der Waals surface area contributed by atoms with Gasteiger partial charge in [-0.2, -0.15) is 0 Å². The number of rotatable bonds is 5. The Morgan fingerprint density at radius 3 is 2.48 bits per heavy atom. The second-order valence-electron chi connectivity index (χ2n) is 6.58. The van der Waals surface area contributed by atoms with Crippen LogP contribution in [0.4, 0.5) is 4.39 Å². The number of ether oxygens (including phenoxy) is 1. The average Bonchev–Trinajstić information content (AvgIpc) is 2.51. The summed E-state index contributed by atoms with van der Waals surface area (Å²) in [6.07, 6.45) is 1.44. The minimum Gasteiger partial charge on any atom is -0.489 e. The summed E-state index contributed by atoms with van der Waals surface area (Å²) < 4.78 is 19.4. The Balaban J connectivity index is 2.03. The first-order valence-corrected chi connectivity index (χ1v) is 11.4. The van der Waals surface area contributed by atoms with Crippen molar-refractivity contribution in [1.29, 1.82) is 0 Å². The van der Waals surface area contributed by atoms with E-state index in [0.717, 1.165) is 23.3 Å². The summed E-state index contributed by atoms with van der Waals surface area (Å²) in [5.41, 5.74) is 5.32. The molecular weight excluding hydrogens is 303 g/mol. The number of hydrogen-bond donors (Lipinski definition) is 0. The van der Waals surface area contributed by atoms with Crippen molar-refractivity contribution in [3.8, 4) is 17.2 Å². The van der Waals surface area contributed by atoms with Crippen molar-refractivity contribution in [2.75, 3.05) is 0 Å². The van der Waals surface area contributed by atoms with Crippen LogP contribution in [0, 0.1) is 17.3 Å². The van der Waals surface area contributed by atoms with Gasteiger partial charge in [-0.1, -0.05) is 50.0 Å². The lowest BCUT2D eigenvalue weighted by Crippen LogP contribution is -2.16. The van der Waals surface area contributed by atoms with Crippen molar-refractivity contribution in [1.82, 2.24) is 0 Å². The molecule has 0 aliphatic carbocycles. The van der Waals surface area contributed by atoms with Gasteiger partial charge in [-0.3, -0.25) is 0 Å². The highest BCUT2D eigenvalue weighted by atomic mass is 28.3. The van der Waals surface area contributed by atoms with Gasteiger partial charge in [0, 0.05) is 6.42 Å². The highest BCUT2D eigenvalue weighted by Crippen LogP contribution is 2.22. The van der Waals surface area contributed by atoms with Gasteiger partial charge in [0.15, 0.2) is 0 Å². The Morgan fingerprint density at radius 2 is 1.78 bits per heavy atom. The van der Waals surface area contributed by atoms with Crippen molar-refractivity contribution in [3.63, 3.8) is 0 Å². The monoisotopic (exact) mass is 326 g/mol. The zero-order valence-corrected chi connectivity index (χ0v) is 15.0. The molecule has 0 atom stereocenters. The van der Waals surface area contributed by atoms with E-state index >= 15 is 0 Å². The van der Waals surface area contributed by atoms with Gasteiger partial charge in [-0.15, -0.1) is 11.5 Å². The largest absolute Gasteiger partial charge is 0.489 e. The topological polar surface area (TPSA) is 9.23 Å². The molecule has 0 aliphatic heterocycles. The Morgan fingerprint density at radius 1 is 1.04 bits per heavy atom. The molecule has 23 heavy (non-hydrogen) atoms. The Kier molecular flexibility index (Phi) is 6.01. The van der Waals surface area contributed by atoms with Crippen LogP contribution in [-0.4, -0.2) is 8.07 Å². The lowest BCUT2D eigenvalue weighted by molar-refractivity contribution is 0.302. The second-order valence-corrected chi connectivity index (χ2v) is 11.3. The zero-order valence-electron chi connectivity index (χ0n) is 14.0. The summed E-state index contributed by atoms with van der Waals surface area (Å²) in [4.78, 5) is 0. The van der Waals surface area contributed by atoms with E-state index in [1.165, 1.54) is 6.07 Å². The Hall–Kier alpha value is -2.05. The van der Waals surface area contributed by atoms with E-state index in [9.17, 15) is 4.39 Å². The summed E-state index contributed by atoms with van der Waals surface area (Å²) in [7, 11) is -1.35. The van der Waals surface area contributed by atoms with E-state index in [1.54, 1.807) is 12.1 Å². The maximum Gasteiger partial charge on any atom is 0.129 e. The summed E-state index contributed by atoms with van der Waals surface area (Å²) >= 11 is 0. The van der Waals surface area contributed by atoms with Gasteiger partial charge in [0.25, 0.3) is 0 Å². The van der Waals surface area contributed by atoms with E-state index in [-0.39, 0.29) is 5.82 Å². The molecule has 120 valence electrons. The fraction of sp³-hybridized carbons (Fsp3) is 0.300. The molecule has 0 radical (unpaired) electrons. The predicted molar refractivity (Wildman–Crippen MR) is 96.6 cm³/mol. The number of hydrogen-bond acceptors (Lipinski definition) is 1. The van der Waals surface area contributed by atoms with Crippen LogP contribution in [-0.2, 0) is 13.0 Å². The van der Waals surface area contributed by atoms with Crippen LogP contribution in [0.3, 0.4) is 0 Å². The standard InChI is InChI=1S/C20H23FOSi/c1-23(2,3)14-8-7-11-18-15-19(21)12-13-20(18)22-16-17-9-5-4-6-10-17/h4-6,9-10,12-13,15H,7,11,16H2,1-3H3. The fourth-order valence-electron chi connectivity index (χ4n) is 2.14. The van der Waals surface area contributed by atoms with Crippen LogP contribution in [0.15, 0.2) is 48.5 Å². The lowest BCUT2D eigenvalue weighted by atomic mass is 10.1. The smallest absolute Gasteiger partial charge is 0.129 e. The third kappa shape index (κ3) is 6.30. The molecule has 0 saturated heterocycles. The van der Waals surface area contributed by atoms with Gasteiger partial charge in [0.1, 0.15) is 26.2 Å². The van der Waals surface area contributed by atoms with Crippen molar-refractivity contribution in [2.45, 2.75) is 39.1 Å². The van der Waals surface area contributed by atoms with Gasteiger partial charge < -0.3 is 4.74 Å². The molecule has 0 aliphatic rings. The first kappa shape index (κ1) is 17.3. The van der Waals surface area contributed by atoms with E-state index < -0.39 is 8.07 Å². The molecule has 0 unspecified atom stereocenters. The Labute approximate surface area is 139 Å². The van der Waals surface area contributed by atoms with Crippen LogP contribution in [0.2, 0.25) is 19.6 Å². The zero-order chi connectivity index (χ0) is 16.7. The molecule has 1 nitrogen and oxygen atoms in total. The SMILES string of the molecule is C[Si](C)(C)C#CCCc1cc(F)ccc1OCc1ccccc1. The molecule has 0 aromatic heterocycles.